The Hall–Kier alpha value is -6.95. The zero-order chi connectivity index (χ0) is 35.6. The van der Waals surface area contributed by atoms with Crippen molar-refractivity contribution in [2.45, 2.75) is 0 Å². The molecule has 0 unspecified atom stereocenters. The second-order valence-corrected chi connectivity index (χ2v) is 14.6. The van der Waals surface area contributed by atoms with E-state index in [1.54, 1.807) is 0 Å². The maximum absolute atomic E-state index is 6.34. The molecule has 4 aromatic heterocycles. The molecule has 11 rings (SSSR count). The summed E-state index contributed by atoms with van der Waals surface area (Å²) in [6, 6.07) is 61.3. The summed E-state index contributed by atoms with van der Waals surface area (Å²) in [5, 5.41) is 5.69. The standard InChI is InChI=1S/C49H29N3OS/c1-2-12-31(13-3-1)41-29-42(51-49(50-41)32-26-24-30(25-27-32)35-20-11-21-39-36-16-7-9-23-44(36)54-48(35)39)33-14-10-15-34(28-33)45-37-17-4-5-18-38(37)47-46(52-45)40-19-6-8-22-43(40)53-47/h1-29H. The van der Waals surface area contributed by atoms with E-state index < -0.39 is 0 Å². The first-order chi connectivity index (χ1) is 26.7. The zero-order valence-corrected chi connectivity index (χ0v) is 29.7. The molecule has 0 aliphatic rings. The molecule has 0 aliphatic heterocycles. The van der Waals surface area contributed by atoms with E-state index in [4.69, 9.17) is 19.4 Å². The van der Waals surface area contributed by atoms with E-state index in [9.17, 15) is 0 Å². The van der Waals surface area contributed by atoms with Crippen molar-refractivity contribution in [3.05, 3.63) is 176 Å². The quantitative estimate of drug-likeness (QED) is 0.179. The summed E-state index contributed by atoms with van der Waals surface area (Å²) < 4.78 is 8.95. The van der Waals surface area contributed by atoms with Gasteiger partial charge >= 0.3 is 0 Å². The van der Waals surface area contributed by atoms with Gasteiger partial charge in [0.15, 0.2) is 11.4 Å². The number of nitrogens with zero attached hydrogens (tertiary/aromatic N) is 3. The number of furan rings is 1. The topological polar surface area (TPSA) is 51.8 Å². The molecule has 54 heavy (non-hydrogen) atoms. The molecule has 0 saturated heterocycles. The van der Waals surface area contributed by atoms with Crippen molar-refractivity contribution in [1.29, 1.82) is 0 Å². The van der Waals surface area contributed by atoms with Crippen LogP contribution >= 0.6 is 11.3 Å². The fraction of sp³-hybridized carbons (Fsp3) is 0. The maximum Gasteiger partial charge on any atom is 0.161 e. The van der Waals surface area contributed by atoms with Crippen molar-refractivity contribution in [2.75, 3.05) is 0 Å². The van der Waals surface area contributed by atoms with Crippen LogP contribution in [0.5, 0.6) is 0 Å². The Morgan fingerprint density at radius 3 is 1.89 bits per heavy atom. The number of rotatable bonds is 5. The normalized spacial score (nSPS) is 11.7. The lowest BCUT2D eigenvalue weighted by molar-refractivity contribution is 0.672. The smallest absolute Gasteiger partial charge is 0.161 e. The lowest BCUT2D eigenvalue weighted by atomic mass is 9.99. The highest BCUT2D eigenvalue weighted by Crippen LogP contribution is 2.41. The molecule has 0 saturated carbocycles. The Bertz CT molecular complexity index is 3220. The highest BCUT2D eigenvalue weighted by Gasteiger charge is 2.18. The van der Waals surface area contributed by atoms with Gasteiger partial charge in [0, 0.05) is 58.6 Å². The summed E-state index contributed by atoms with van der Waals surface area (Å²) in [6.07, 6.45) is 0. The van der Waals surface area contributed by atoms with Crippen LogP contribution in [0.4, 0.5) is 0 Å². The number of benzene rings is 7. The van der Waals surface area contributed by atoms with Crippen molar-refractivity contribution >= 4 is 64.4 Å². The monoisotopic (exact) mass is 707 g/mol. The van der Waals surface area contributed by atoms with Gasteiger partial charge in [-0.2, -0.15) is 0 Å². The number of thiophene rings is 1. The van der Waals surface area contributed by atoms with Gasteiger partial charge in [-0.05, 0) is 41.5 Å². The molecule has 0 fully saturated rings. The summed E-state index contributed by atoms with van der Waals surface area (Å²) in [6.45, 7) is 0. The summed E-state index contributed by atoms with van der Waals surface area (Å²) in [5.74, 6) is 0.679. The molecule has 0 spiro atoms. The summed E-state index contributed by atoms with van der Waals surface area (Å²) in [4.78, 5) is 15.6. The highest BCUT2D eigenvalue weighted by atomic mass is 32.1. The number of hydrogen-bond donors (Lipinski definition) is 0. The van der Waals surface area contributed by atoms with E-state index in [1.807, 2.05) is 47.7 Å². The Kier molecular flexibility index (Phi) is 7.00. The lowest BCUT2D eigenvalue weighted by Gasteiger charge is -2.12. The van der Waals surface area contributed by atoms with Gasteiger partial charge in [0.25, 0.3) is 0 Å². The van der Waals surface area contributed by atoms with Gasteiger partial charge in [0.1, 0.15) is 11.1 Å². The van der Waals surface area contributed by atoms with Gasteiger partial charge in [-0.3, -0.25) is 0 Å². The van der Waals surface area contributed by atoms with Crippen LogP contribution in [0.2, 0.25) is 0 Å². The van der Waals surface area contributed by atoms with Crippen molar-refractivity contribution in [2.24, 2.45) is 0 Å². The Morgan fingerprint density at radius 2 is 1.04 bits per heavy atom. The van der Waals surface area contributed by atoms with Crippen molar-refractivity contribution in [1.82, 2.24) is 15.0 Å². The van der Waals surface area contributed by atoms with Gasteiger partial charge in [-0.15, -0.1) is 11.3 Å². The van der Waals surface area contributed by atoms with Gasteiger partial charge in [0.2, 0.25) is 0 Å². The SMILES string of the molecule is c1ccc(-c2cc(-c3cccc(-c4nc5c6ccccc6oc5c5ccccc45)c3)nc(-c3ccc(-c4cccc5c4sc4ccccc45)cc3)n2)cc1. The molecule has 5 heteroatoms. The molecule has 7 aromatic carbocycles. The first kappa shape index (κ1) is 30.7. The number of fused-ring (bicyclic) bond motifs is 8. The van der Waals surface area contributed by atoms with Gasteiger partial charge in [-0.1, -0.05) is 146 Å². The summed E-state index contributed by atoms with van der Waals surface area (Å²) in [7, 11) is 0. The predicted molar refractivity (Wildman–Crippen MR) is 225 cm³/mol. The van der Waals surface area contributed by atoms with Gasteiger partial charge < -0.3 is 4.42 Å². The first-order valence-corrected chi connectivity index (χ1v) is 18.8. The predicted octanol–water partition coefficient (Wildman–Crippen LogP) is 13.6. The van der Waals surface area contributed by atoms with Crippen molar-refractivity contribution < 1.29 is 4.42 Å². The molecule has 252 valence electrons. The minimum Gasteiger partial charge on any atom is -0.454 e. The van der Waals surface area contributed by atoms with E-state index in [0.717, 1.165) is 72.2 Å². The zero-order valence-electron chi connectivity index (χ0n) is 28.9. The molecule has 0 aliphatic carbocycles. The van der Waals surface area contributed by atoms with E-state index in [1.165, 1.54) is 31.3 Å². The molecule has 0 bridgehead atoms. The van der Waals surface area contributed by atoms with Crippen molar-refractivity contribution in [3.8, 4) is 56.3 Å². The van der Waals surface area contributed by atoms with E-state index in [2.05, 4.69) is 140 Å². The number of hydrogen-bond acceptors (Lipinski definition) is 5. The van der Waals surface area contributed by atoms with Crippen LogP contribution in [0, 0.1) is 0 Å². The third-order valence-electron chi connectivity index (χ3n) is 10.3. The largest absolute Gasteiger partial charge is 0.454 e. The molecule has 0 amide bonds. The molecular formula is C49H29N3OS. The molecule has 11 aromatic rings. The fourth-order valence-corrected chi connectivity index (χ4v) is 8.92. The fourth-order valence-electron chi connectivity index (χ4n) is 7.69. The van der Waals surface area contributed by atoms with Crippen LogP contribution < -0.4 is 0 Å². The maximum atomic E-state index is 6.34. The van der Waals surface area contributed by atoms with E-state index >= 15 is 0 Å². The molecule has 0 N–H and O–H groups in total. The molecule has 4 nitrogen and oxygen atoms in total. The first-order valence-electron chi connectivity index (χ1n) is 18.0. The minimum absolute atomic E-state index is 0.679. The van der Waals surface area contributed by atoms with Crippen LogP contribution in [0.1, 0.15) is 0 Å². The second kappa shape index (κ2) is 12.3. The molecule has 0 radical (unpaired) electrons. The number of para-hydroxylation sites is 1. The Labute approximate surface area is 314 Å². The molecular weight excluding hydrogens is 679 g/mol. The van der Waals surface area contributed by atoms with Crippen LogP contribution in [0.3, 0.4) is 0 Å². The lowest BCUT2D eigenvalue weighted by Crippen LogP contribution is -1.96. The Morgan fingerprint density at radius 1 is 0.407 bits per heavy atom. The Balaban J connectivity index is 1.04. The number of aromatic nitrogens is 3. The highest BCUT2D eigenvalue weighted by molar-refractivity contribution is 7.26. The van der Waals surface area contributed by atoms with Crippen LogP contribution in [-0.4, -0.2) is 15.0 Å². The third-order valence-corrected chi connectivity index (χ3v) is 11.5. The van der Waals surface area contributed by atoms with Crippen molar-refractivity contribution in [3.63, 3.8) is 0 Å². The molecule has 0 atom stereocenters. The van der Waals surface area contributed by atoms with Crippen LogP contribution in [0.15, 0.2) is 180 Å². The van der Waals surface area contributed by atoms with Crippen LogP contribution in [-0.2, 0) is 0 Å². The van der Waals surface area contributed by atoms with E-state index in [-0.39, 0.29) is 0 Å². The average molecular weight is 708 g/mol. The summed E-state index contributed by atoms with van der Waals surface area (Å²) >= 11 is 1.85. The van der Waals surface area contributed by atoms with Gasteiger partial charge in [0.05, 0.1) is 17.1 Å². The van der Waals surface area contributed by atoms with Gasteiger partial charge in [-0.25, -0.2) is 15.0 Å². The second-order valence-electron chi connectivity index (χ2n) is 13.5. The van der Waals surface area contributed by atoms with E-state index in [0.29, 0.717) is 5.82 Å². The third kappa shape index (κ3) is 5.01. The molecule has 4 heterocycles. The minimum atomic E-state index is 0.679. The number of pyridine rings is 1. The summed E-state index contributed by atoms with van der Waals surface area (Å²) in [5.41, 5.74) is 11.6. The average Bonchev–Trinajstić information content (AvgIpc) is 3.83. The van der Waals surface area contributed by atoms with Crippen LogP contribution in [0.25, 0.3) is 109 Å².